The maximum atomic E-state index is 12.7. The van der Waals surface area contributed by atoms with E-state index in [1.54, 1.807) is 6.92 Å². The van der Waals surface area contributed by atoms with Gasteiger partial charge in [0.2, 0.25) is 5.60 Å². The Morgan fingerprint density at radius 1 is 1.29 bits per heavy atom. The van der Waals surface area contributed by atoms with E-state index in [-0.39, 0.29) is 25.2 Å². The van der Waals surface area contributed by atoms with E-state index in [9.17, 15) is 9.59 Å². The molecule has 2 aliphatic heterocycles. The molecular weight excluding hydrogens is 316 g/mol. The molecule has 7 heteroatoms. The van der Waals surface area contributed by atoms with Crippen molar-refractivity contribution in [3.8, 4) is 0 Å². The fourth-order valence-electron chi connectivity index (χ4n) is 3.76. The zero-order chi connectivity index (χ0) is 17.8. The van der Waals surface area contributed by atoms with Crippen LogP contribution in [0, 0.1) is 5.41 Å². The Morgan fingerprint density at radius 2 is 1.96 bits per heavy atom. The third kappa shape index (κ3) is 2.72. The highest BCUT2D eigenvalue weighted by Gasteiger charge is 2.65. The number of hydrogen-bond acceptors (Lipinski definition) is 7. The molecule has 1 aliphatic carbocycles. The van der Waals surface area contributed by atoms with Crippen LogP contribution in [-0.4, -0.2) is 55.4 Å². The molecule has 5 unspecified atom stereocenters. The maximum Gasteiger partial charge on any atom is 0.351 e. The summed E-state index contributed by atoms with van der Waals surface area (Å²) in [5.74, 6) is -1.68. The van der Waals surface area contributed by atoms with Crippen molar-refractivity contribution in [3.63, 3.8) is 0 Å². The Morgan fingerprint density at radius 3 is 2.58 bits per heavy atom. The number of carbonyl (C=O) groups is 2. The van der Waals surface area contributed by atoms with Crippen LogP contribution in [0.5, 0.6) is 0 Å². The standard InChI is InChI=1S/C17H26O7/c1-6-16(4,9-20-5)13(18)24-17-7-10(21-14(17)19)12-11(8-17)22-15(2,3)23-12/h10-12H,6-9H2,1-5H3. The number of fused-ring (bicyclic) bond motifs is 4. The number of carbonyl (C=O) groups excluding carboxylic acids is 2. The van der Waals surface area contributed by atoms with Crippen LogP contribution in [0.2, 0.25) is 0 Å². The monoisotopic (exact) mass is 342 g/mol. The van der Waals surface area contributed by atoms with E-state index >= 15 is 0 Å². The molecule has 7 nitrogen and oxygen atoms in total. The van der Waals surface area contributed by atoms with E-state index in [2.05, 4.69) is 0 Å². The molecule has 0 spiro atoms. The third-order valence-electron chi connectivity index (χ3n) is 5.30. The SMILES string of the molecule is CCC(C)(COC)C(=O)OC12CC(OC1=O)C1OC(C)(C)OC1C2. The van der Waals surface area contributed by atoms with Gasteiger partial charge in [-0.2, -0.15) is 0 Å². The molecular formula is C17H26O7. The molecule has 24 heavy (non-hydrogen) atoms. The molecule has 2 saturated heterocycles. The van der Waals surface area contributed by atoms with Crippen molar-refractivity contribution in [1.82, 2.24) is 0 Å². The van der Waals surface area contributed by atoms with Crippen LogP contribution in [0.3, 0.4) is 0 Å². The van der Waals surface area contributed by atoms with Gasteiger partial charge >= 0.3 is 11.9 Å². The summed E-state index contributed by atoms with van der Waals surface area (Å²) in [7, 11) is 1.54. The molecule has 0 aromatic rings. The molecule has 0 aromatic heterocycles. The van der Waals surface area contributed by atoms with Crippen molar-refractivity contribution >= 4 is 11.9 Å². The maximum absolute atomic E-state index is 12.7. The third-order valence-corrected chi connectivity index (χ3v) is 5.30. The minimum absolute atomic E-state index is 0.232. The van der Waals surface area contributed by atoms with E-state index in [1.165, 1.54) is 7.11 Å². The summed E-state index contributed by atoms with van der Waals surface area (Å²) < 4.78 is 28.1. The van der Waals surface area contributed by atoms with Crippen molar-refractivity contribution in [2.45, 2.75) is 76.7 Å². The molecule has 2 heterocycles. The molecule has 3 fully saturated rings. The first-order valence-corrected chi connectivity index (χ1v) is 8.44. The number of rotatable bonds is 5. The molecule has 0 radical (unpaired) electrons. The lowest BCUT2D eigenvalue weighted by atomic mass is 9.81. The van der Waals surface area contributed by atoms with Gasteiger partial charge < -0.3 is 23.7 Å². The van der Waals surface area contributed by atoms with Crippen LogP contribution in [-0.2, 0) is 33.3 Å². The lowest BCUT2D eigenvalue weighted by molar-refractivity contribution is -0.188. The average Bonchev–Trinajstić information content (AvgIpc) is 2.94. The van der Waals surface area contributed by atoms with Crippen molar-refractivity contribution in [2.75, 3.05) is 13.7 Å². The Balaban J connectivity index is 1.80. The van der Waals surface area contributed by atoms with Gasteiger partial charge in [0.15, 0.2) is 5.79 Å². The van der Waals surface area contributed by atoms with Crippen LogP contribution in [0.4, 0.5) is 0 Å². The summed E-state index contributed by atoms with van der Waals surface area (Å²) in [5, 5.41) is 0. The van der Waals surface area contributed by atoms with Gasteiger partial charge in [0.1, 0.15) is 12.2 Å². The second-order valence-corrected chi connectivity index (χ2v) is 7.72. The number of esters is 2. The molecule has 136 valence electrons. The smallest absolute Gasteiger partial charge is 0.351 e. The van der Waals surface area contributed by atoms with E-state index in [1.807, 2.05) is 20.8 Å². The van der Waals surface area contributed by atoms with Gasteiger partial charge in [-0.1, -0.05) is 6.92 Å². The van der Waals surface area contributed by atoms with Crippen LogP contribution < -0.4 is 0 Å². The van der Waals surface area contributed by atoms with Crippen molar-refractivity contribution < 1.29 is 33.3 Å². The van der Waals surface area contributed by atoms with Crippen molar-refractivity contribution in [2.24, 2.45) is 5.41 Å². The molecule has 0 amide bonds. The first-order valence-electron chi connectivity index (χ1n) is 8.44. The second kappa shape index (κ2) is 5.68. The molecule has 5 atom stereocenters. The lowest BCUT2D eigenvalue weighted by Gasteiger charge is -2.35. The van der Waals surface area contributed by atoms with Gasteiger partial charge in [0.25, 0.3) is 0 Å². The Bertz CT molecular complexity index is 545. The zero-order valence-electron chi connectivity index (χ0n) is 14.9. The van der Waals surface area contributed by atoms with Gasteiger partial charge in [-0.15, -0.1) is 0 Å². The predicted molar refractivity (Wildman–Crippen MR) is 82.0 cm³/mol. The Labute approximate surface area is 141 Å². The van der Waals surface area contributed by atoms with Gasteiger partial charge in [-0.3, -0.25) is 4.79 Å². The lowest BCUT2D eigenvalue weighted by Crippen LogP contribution is -2.51. The van der Waals surface area contributed by atoms with Crippen LogP contribution in [0.1, 0.15) is 47.0 Å². The van der Waals surface area contributed by atoms with Gasteiger partial charge in [-0.25, -0.2) is 4.79 Å². The zero-order valence-corrected chi connectivity index (χ0v) is 14.9. The number of methoxy groups -OCH3 is 1. The first kappa shape index (κ1) is 17.6. The molecule has 0 aromatic carbocycles. The van der Waals surface area contributed by atoms with Gasteiger partial charge in [0, 0.05) is 20.0 Å². The van der Waals surface area contributed by atoms with Crippen LogP contribution in [0.25, 0.3) is 0 Å². The summed E-state index contributed by atoms with van der Waals surface area (Å²) in [6, 6.07) is 0. The molecule has 3 rings (SSSR count). The molecule has 3 aliphatic rings. The van der Waals surface area contributed by atoms with Crippen molar-refractivity contribution in [3.05, 3.63) is 0 Å². The van der Waals surface area contributed by atoms with E-state index in [0.29, 0.717) is 12.8 Å². The van der Waals surface area contributed by atoms with Crippen LogP contribution >= 0.6 is 0 Å². The quantitative estimate of drug-likeness (QED) is 0.702. The largest absolute Gasteiger partial charge is 0.456 e. The average molecular weight is 342 g/mol. The highest BCUT2D eigenvalue weighted by Crippen LogP contribution is 2.48. The van der Waals surface area contributed by atoms with Crippen LogP contribution in [0.15, 0.2) is 0 Å². The topological polar surface area (TPSA) is 80.3 Å². The second-order valence-electron chi connectivity index (χ2n) is 7.72. The van der Waals surface area contributed by atoms with Crippen molar-refractivity contribution in [1.29, 1.82) is 0 Å². The van der Waals surface area contributed by atoms with Gasteiger partial charge in [0.05, 0.1) is 18.1 Å². The summed E-state index contributed by atoms with van der Waals surface area (Å²) in [6.07, 6.45) is 0.0385. The minimum Gasteiger partial charge on any atom is -0.456 e. The Kier molecular flexibility index (Phi) is 4.17. The minimum atomic E-state index is -1.28. The molecule has 1 saturated carbocycles. The Hall–Kier alpha value is -1.18. The van der Waals surface area contributed by atoms with E-state index < -0.39 is 34.8 Å². The van der Waals surface area contributed by atoms with Gasteiger partial charge in [-0.05, 0) is 27.2 Å². The van der Waals surface area contributed by atoms with E-state index in [0.717, 1.165) is 0 Å². The first-order chi connectivity index (χ1) is 11.1. The molecule has 0 N–H and O–H groups in total. The summed E-state index contributed by atoms with van der Waals surface area (Å²) in [5.41, 5.74) is -2.08. The highest BCUT2D eigenvalue weighted by molar-refractivity contribution is 5.87. The number of hydrogen-bond donors (Lipinski definition) is 0. The molecule has 2 bridgehead atoms. The highest BCUT2D eigenvalue weighted by atomic mass is 16.8. The fourth-order valence-corrected chi connectivity index (χ4v) is 3.76. The fraction of sp³-hybridized carbons (Fsp3) is 0.882. The van der Waals surface area contributed by atoms with E-state index in [4.69, 9.17) is 23.7 Å². The summed E-state index contributed by atoms with van der Waals surface area (Å²) in [4.78, 5) is 25.2. The summed E-state index contributed by atoms with van der Waals surface area (Å²) >= 11 is 0. The number of ether oxygens (including phenoxy) is 5. The predicted octanol–water partition coefficient (Wildman–Crippen LogP) is 1.57. The summed E-state index contributed by atoms with van der Waals surface area (Å²) in [6.45, 7) is 7.55. The normalized spacial score (nSPS) is 39.0.